The number of carbonyl (C=O) groups is 1. The number of carboxylic acids is 1. The second-order valence-corrected chi connectivity index (χ2v) is 9.80. The molecule has 3 N–H and O–H groups in total. The first-order valence-electron chi connectivity index (χ1n) is 13.3. The first-order valence-corrected chi connectivity index (χ1v) is 13.3. The van der Waals surface area contributed by atoms with Crippen molar-refractivity contribution in [1.29, 1.82) is 0 Å². The number of hydroxylamine groups is 1. The van der Waals surface area contributed by atoms with E-state index in [1.165, 1.54) is 6.08 Å². The van der Waals surface area contributed by atoms with Crippen molar-refractivity contribution in [3.63, 3.8) is 0 Å². The van der Waals surface area contributed by atoms with Crippen LogP contribution in [0.4, 0.5) is 0 Å². The summed E-state index contributed by atoms with van der Waals surface area (Å²) in [7, 11) is 0. The van der Waals surface area contributed by atoms with Gasteiger partial charge in [0, 0.05) is 12.0 Å². The third kappa shape index (κ3) is 5.22. The van der Waals surface area contributed by atoms with E-state index in [0.717, 1.165) is 40.9 Å². The lowest BCUT2D eigenvalue weighted by atomic mass is 9.98. The fourth-order valence-corrected chi connectivity index (χ4v) is 4.95. The van der Waals surface area contributed by atoms with E-state index in [1.54, 1.807) is 16.7 Å². The molecule has 41 heavy (non-hydrogen) atoms. The quantitative estimate of drug-likeness (QED) is 0.246. The van der Waals surface area contributed by atoms with Gasteiger partial charge < -0.3 is 5.11 Å². The van der Waals surface area contributed by atoms with Crippen molar-refractivity contribution in [3.05, 3.63) is 106 Å². The number of aromatic amines is 1. The van der Waals surface area contributed by atoms with Gasteiger partial charge in [-0.3, -0.25) is 19.7 Å². The predicted octanol–water partition coefficient (Wildman–Crippen LogP) is 4.18. The minimum atomic E-state index is -1.11. The number of tetrazole rings is 1. The minimum Gasteiger partial charge on any atom is -0.477 e. The summed E-state index contributed by atoms with van der Waals surface area (Å²) < 4.78 is 1.73. The molecule has 2 aromatic heterocycles. The number of H-pyrrole nitrogens is 1. The molecule has 6 rings (SSSR count). The molecule has 0 aliphatic carbocycles. The maximum Gasteiger partial charge on any atom is 0.354 e. The first kappa shape index (κ1) is 26.1. The average molecular weight is 550 g/mol. The fraction of sp³-hybridized carbons (Fsp3) is 0.200. The number of nitrogens with one attached hydrogen (secondary N) is 2. The number of rotatable bonds is 9. The van der Waals surface area contributed by atoms with Crippen LogP contribution in [0.25, 0.3) is 33.4 Å². The molecule has 0 fully saturated rings. The highest BCUT2D eigenvalue weighted by Crippen LogP contribution is 2.30. The Balaban J connectivity index is 1.35. The van der Waals surface area contributed by atoms with Gasteiger partial charge in [-0.05, 0) is 52.1 Å². The summed E-state index contributed by atoms with van der Waals surface area (Å²) in [6.07, 6.45) is 3.42. The van der Waals surface area contributed by atoms with Crippen molar-refractivity contribution < 1.29 is 14.7 Å². The molecule has 0 saturated carbocycles. The van der Waals surface area contributed by atoms with E-state index in [9.17, 15) is 14.7 Å². The summed E-state index contributed by atoms with van der Waals surface area (Å²) in [5.41, 5.74) is 7.30. The normalized spacial score (nSPS) is 14.7. The van der Waals surface area contributed by atoms with Crippen molar-refractivity contribution >= 4 is 16.9 Å². The van der Waals surface area contributed by atoms with Crippen LogP contribution >= 0.6 is 0 Å². The molecule has 5 aromatic rings. The van der Waals surface area contributed by atoms with Gasteiger partial charge in [0.1, 0.15) is 17.6 Å². The van der Waals surface area contributed by atoms with Gasteiger partial charge in [-0.25, -0.2) is 9.78 Å². The number of aromatic nitrogens is 6. The van der Waals surface area contributed by atoms with Crippen LogP contribution in [0.5, 0.6) is 0 Å². The lowest BCUT2D eigenvalue weighted by Crippen LogP contribution is -2.26. The van der Waals surface area contributed by atoms with Crippen LogP contribution in [0.3, 0.4) is 0 Å². The standard InChI is InChI=1S/C30H27N7O4/c1-2-3-8-27-31-24-14-13-20(26-16-25(30(39)40)34-41-26)15-23(24)29(38)37(27)17-18-9-11-19(12-10-18)21-6-4-5-7-22(21)28-32-35-36-33-28/h4-7,9-16,26,34H,2-3,8,17H2,1H3,(H,39,40)(H,32,33,35,36). The fourth-order valence-electron chi connectivity index (χ4n) is 4.95. The first-order chi connectivity index (χ1) is 20.0. The third-order valence-corrected chi connectivity index (χ3v) is 7.10. The Labute approximate surface area is 234 Å². The van der Waals surface area contributed by atoms with Gasteiger partial charge in [0.05, 0.1) is 17.4 Å². The van der Waals surface area contributed by atoms with Gasteiger partial charge in [-0.15, -0.1) is 10.2 Å². The summed E-state index contributed by atoms with van der Waals surface area (Å²) in [5.74, 6) is 0.143. The zero-order valence-corrected chi connectivity index (χ0v) is 22.2. The number of aryl methyl sites for hydroxylation is 1. The molecule has 0 saturated heterocycles. The van der Waals surface area contributed by atoms with E-state index in [-0.39, 0.29) is 11.3 Å². The van der Waals surface area contributed by atoms with Crippen LogP contribution in [0.2, 0.25) is 0 Å². The van der Waals surface area contributed by atoms with Gasteiger partial charge in [0.2, 0.25) is 5.82 Å². The Morgan fingerprint density at radius 1 is 1.07 bits per heavy atom. The van der Waals surface area contributed by atoms with E-state index >= 15 is 0 Å². The maximum atomic E-state index is 13.9. The average Bonchev–Trinajstić information content (AvgIpc) is 3.72. The van der Waals surface area contributed by atoms with E-state index < -0.39 is 12.1 Å². The number of benzene rings is 3. The van der Waals surface area contributed by atoms with Crippen LogP contribution < -0.4 is 11.0 Å². The molecule has 0 bridgehead atoms. The van der Waals surface area contributed by atoms with Crippen molar-refractivity contribution in [2.24, 2.45) is 0 Å². The second kappa shape index (κ2) is 11.1. The second-order valence-electron chi connectivity index (χ2n) is 9.80. The van der Waals surface area contributed by atoms with Crippen LogP contribution in [0.15, 0.2) is 83.3 Å². The molecule has 3 aromatic carbocycles. The van der Waals surface area contributed by atoms with Crippen molar-refractivity contribution in [2.45, 2.75) is 38.8 Å². The molecule has 0 radical (unpaired) electrons. The van der Waals surface area contributed by atoms with Gasteiger partial charge in [-0.1, -0.05) is 67.9 Å². The molecule has 0 spiro atoms. The lowest BCUT2D eigenvalue weighted by Gasteiger charge is -2.15. The van der Waals surface area contributed by atoms with Crippen LogP contribution in [-0.4, -0.2) is 41.3 Å². The summed E-state index contributed by atoms with van der Waals surface area (Å²) in [4.78, 5) is 35.4. The lowest BCUT2D eigenvalue weighted by molar-refractivity contribution is -0.134. The van der Waals surface area contributed by atoms with E-state index in [0.29, 0.717) is 35.3 Å². The van der Waals surface area contributed by atoms with Crippen LogP contribution in [-0.2, 0) is 22.6 Å². The predicted molar refractivity (Wildman–Crippen MR) is 151 cm³/mol. The number of aliphatic carboxylic acids is 1. The smallest absolute Gasteiger partial charge is 0.354 e. The van der Waals surface area contributed by atoms with Crippen molar-refractivity contribution in [2.75, 3.05) is 0 Å². The summed E-state index contributed by atoms with van der Waals surface area (Å²) in [6, 6.07) is 21.3. The minimum absolute atomic E-state index is 0.0380. The highest BCUT2D eigenvalue weighted by Gasteiger charge is 2.23. The summed E-state index contributed by atoms with van der Waals surface area (Å²) in [6.45, 7) is 2.47. The number of hydrogen-bond donors (Lipinski definition) is 3. The third-order valence-electron chi connectivity index (χ3n) is 7.10. The molecule has 1 atom stereocenters. The van der Waals surface area contributed by atoms with Crippen LogP contribution in [0.1, 0.15) is 42.8 Å². The van der Waals surface area contributed by atoms with Gasteiger partial charge in [0.15, 0.2) is 0 Å². The molecule has 11 heteroatoms. The van der Waals surface area contributed by atoms with Gasteiger partial charge >= 0.3 is 5.97 Å². The van der Waals surface area contributed by atoms with E-state index in [4.69, 9.17) is 9.82 Å². The Kier molecular flexibility index (Phi) is 7.09. The monoisotopic (exact) mass is 549 g/mol. The largest absolute Gasteiger partial charge is 0.477 e. The number of unbranched alkanes of at least 4 members (excludes halogenated alkanes) is 1. The Hall–Kier alpha value is -5.16. The summed E-state index contributed by atoms with van der Waals surface area (Å²) >= 11 is 0. The van der Waals surface area contributed by atoms with E-state index in [2.05, 4.69) is 33.0 Å². The number of hydrogen-bond acceptors (Lipinski definition) is 8. The Bertz CT molecular complexity index is 1810. The molecular weight excluding hydrogens is 522 g/mol. The zero-order chi connectivity index (χ0) is 28.3. The number of fused-ring (bicyclic) bond motifs is 1. The highest BCUT2D eigenvalue weighted by molar-refractivity contribution is 5.86. The highest BCUT2D eigenvalue weighted by atomic mass is 16.7. The molecule has 11 nitrogen and oxygen atoms in total. The molecule has 1 unspecified atom stereocenters. The zero-order valence-electron chi connectivity index (χ0n) is 22.2. The maximum absolute atomic E-state index is 13.9. The van der Waals surface area contributed by atoms with Crippen molar-refractivity contribution in [1.82, 2.24) is 35.7 Å². The Morgan fingerprint density at radius 3 is 2.59 bits per heavy atom. The molecule has 1 aliphatic heterocycles. The summed E-state index contributed by atoms with van der Waals surface area (Å²) in [5, 5.41) is 24.1. The SMILES string of the molecule is CCCCc1nc2ccc(C3C=C(C(=O)O)NO3)cc2c(=O)n1Cc1ccc(-c2ccccc2-c2nn[nH]n2)cc1. The van der Waals surface area contributed by atoms with Crippen LogP contribution in [0, 0.1) is 0 Å². The van der Waals surface area contributed by atoms with Crippen molar-refractivity contribution in [3.8, 4) is 22.5 Å². The van der Waals surface area contributed by atoms with Gasteiger partial charge in [0.25, 0.3) is 5.56 Å². The molecule has 206 valence electrons. The molecular formula is C30H27N7O4. The molecule has 3 heterocycles. The Morgan fingerprint density at radius 2 is 1.88 bits per heavy atom. The number of nitrogens with zero attached hydrogens (tertiary/aromatic N) is 5. The topological polar surface area (TPSA) is 148 Å². The molecule has 1 aliphatic rings. The molecule has 0 amide bonds. The van der Waals surface area contributed by atoms with E-state index in [1.807, 2.05) is 54.6 Å². The van der Waals surface area contributed by atoms with Gasteiger partial charge in [-0.2, -0.15) is 5.21 Å². The number of carboxylic acid groups (broad SMARTS) is 1.